The van der Waals surface area contributed by atoms with Gasteiger partial charge in [0.15, 0.2) is 0 Å². The molecule has 1 atom stereocenters. The summed E-state index contributed by atoms with van der Waals surface area (Å²) in [5, 5.41) is 4.68. The Labute approximate surface area is 153 Å². The Morgan fingerprint density at radius 3 is 2.27 bits per heavy atom. The minimum Gasteiger partial charge on any atom is -0.325 e. The highest BCUT2D eigenvalue weighted by Crippen LogP contribution is 2.26. The molecular formula is C19H16FN3O2S. The molecule has 0 radical (unpaired) electrons. The highest BCUT2D eigenvalue weighted by atomic mass is 32.1. The number of carbonyl (C=O) groups is 2. The number of rotatable bonds is 4. The van der Waals surface area contributed by atoms with Crippen molar-refractivity contribution in [1.29, 1.82) is 0 Å². The maximum atomic E-state index is 13.2. The Morgan fingerprint density at radius 1 is 0.885 bits per heavy atom. The van der Waals surface area contributed by atoms with E-state index in [2.05, 4.69) is 16.2 Å². The lowest BCUT2D eigenvalue weighted by atomic mass is 10.1. The first kappa shape index (κ1) is 17.6. The van der Waals surface area contributed by atoms with E-state index in [9.17, 15) is 14.0 Å². The highest BCUT2D eigenvalue weighted by Gasteiger charge is 2.18. The standard InChI is InChI=1S/C19H16FN3O2S/c20-15-10-8-13(9-11-15)17(16-7-4-12-26-16)21-19(25)23-22-18(24)14-5-2-1-3-6-14/h1-12,17H,(H,22,24)(H2,21,23,25). The van der Waals surface area contributed by atoms with E-state index in [1.54, 1.807) is 42.5 Å². The van der Waals surface area contributed by atoms with Gasteiger partial charge in [-0.1, -0.05) is 36.4 Å². The van der Waals surface area contributed by atoms with Crippen LogP contribution in [0.15, 0.2) is 72.1 Å². The Hall–Kier alpha value is -3.19. The fourth-order valence-corrected chi connectivity index (χ4v) is 3.17. The van der Waals surface area contributed by atoms with Crippen LogP contribution in [0.2, 0.25) is 0 Å². The molecule has 7 heteroatoms. The molecule has 26 heavy (non-hydrogen) atoms. The Kier molecular flexibility index (Phi) is 5.60. The van der Waals surface area contributed by atoms with E-state index >= 15 is 0 Å². The molecule has 0 fully saturated rings. The number of urea groups is 1. The van der Waals surface area contributed by atoms with Crippen LogP contribution in [0.1, 0.15) is 26.8 Å². The number of hydrogen-bond acceptors (Lipinski definition) is 3. The zero-order valence-electron chi connectivity index (χ0n) is 13.6. The lowest BCUT2D eigenvalue weighted by Gasteiger charge is -2.18. The first-order valence-corrected chi connectivity index (χ1v) is 8.72. The minimum atomic E-state index is -0.572. The lowest BCUT2D eigenvalue weighted by molar-refractivity contribution is 0.0936. The molecule has 132 valence electrons. The van der Waals surface area contributed by atoms with E-state index in [1.807, 2.05) is 17.5 Å². The van der Waals surface area contributed by atoms with Gasteiger partial charge in [0, 0.05) is 10.4 Å². The van der Waals surface area contributed by atoms with Crippen LogP contribution < -0.4 is 16.2 Å². The predicted octanol–water partition coefficient (Wildman–Crippen LogP) is 3.62. The number of halogens is 1. The van der Waals surface area contributed by atoms with Crippen molar-refractivity contribution in [2.24, 2.45) is 0 Å². The zero-order chi connectivity index (χ0) is 18.4. The van der Waals surface area contributed by atoms with Crippen LogP contribution in [-0.4, -0.2) is 11.9 Å². The average molecular weight is 369 g/mol. The molecule has 3 aromatic rings. The largest absolute Gasteiger partial charge is 0.334 e. The SMILES string of the molecule is O=C(NNC(=O)c1ccccc1)NC(c1ccc(F)cc1)c1cccs1. The molecule has 0 spiro atoms. The molecule has 0 bridgehead atoms. The zero-order valence-corrected chi connectivity index (χ0v) is 14.4. The van der Waals surface area contributed by atoms with Gasteiger partial charge in [-0.25, -0.2) is 14.6 Å². The minimum absolute atomic E-state index is 0.349. The van der Waals surface area contributed by atoms with Gasteiger partial charge in [-0.3, -0.25) is 10.2 Å². The second kappa shape index (κ2) is 8.26. The smallest absolute Gasteiger partial charge is 0.325 e. The van der Waals surface area contributed by atoms with Crippen molar-refractivity contribution in [3.63, 3.8) is 0 Å². The number of benzene rings is 2. The highest BCUT2D eigenvalue weighted by molar-refractivity contribution is 7.10. The summed E-state index contributed by atoms with van der Waals surface area (Å²) in [7, 11) is 0. The molecule has 0 aliphatic rings. The molecule has 1 aromatic heterocycles. The number of hydrazine groups is 1. The van der Waals surface area contributed by atoms with Crippen molar-refractivity contribution in [3.8, 4) is 0 Å². The molecule has 0 saturated carbocycles. The second-order valence-electron chi connectivity index (χ2n) is 5.42. The molecule has 2 aromatic carbocycles. The van der Waals surface area contributed by atoms with Gasteiger partial charge >= 0.3 is 6.03 Å². The normalized spacial score (nSPS) is 11.4. The van der Waals surface area contributed by atoms with E-state index in [-0.39, 0.29) is 5.82 Å². The summed E-state index contributed by atoms with van der Waals surface area (Å²) >= 11 is 1.47. The van der Waals surface area contributed by atoms with Crippen LogP contribution in [0, 0.1) is 5.82 Å². The van der Waals surface area contributed by atoms with Gasteiger partial charge < -0.3 is 5.32 Å². The molecule has 3 rings (SSSR count). The van der Waals surface area contributed by atoms with Gasteiger partial charge in [0.05, 0.1) is 6.04 Å². The van der Waals surface area contributed by atoms with Crippen molar-refractivity contribution < 1.29 is 14.0 Å². The van der Waals surface area contributed by atoms with Crippen LogP contribution in [0.3, 0.4) is 0 Å². The maximum absolute atomic E-state index is 13.2. The Balaban J connectivity index is 1.66. The van der Waals surface area contributed by atoms with Crippen molar-refractivity contribution in [2.45, 2.75) is 6.04 Å². The molecule has 0 aliphatic heterocycles. The quantitative estimate of drug-likeness (QED) is 0.615. The maximum Gasteiger partial charge on any atom is 0.334 e. The van der Waals surface area contributed by atoms with Crippen molar-refractivity contribution in [1.82, 2.24) is 16.2 Å². The molecule has 1 unspecified atom stereocenters. The number of nitrogens with one attached hydrogen (secondary N) is 3. The topological polar surface area (TPSA) is 70.2 Å². The fourth-order valence-electron chi connectivity index (χ4n) is 2.37. The Bertz CT molecular complexity index is 868. The molecule has 0 aliphatic carbocycles. The number of thiophene rings is 1. The monoisotopic (exact) mass is 369 g/mol. The number of hydrogen-bond donors (Lipinski definition) is 3. The van der Waals surface area contributed by atoms with Crippen LogP contribution in [0.5, 0.6) is 0 Å². The van der Waals surface area contributed by atoms with Crippen LogP contribution in [-0.2, 0) is 0 Å². The van der Waals surface area contributed by atoms with Crippen LogP contribution in [0.25, 0.3) is 0 Å². The second-order valence-corrected chi connectivity index (χ2v) is 6.40. The van der Waals surface area contributed by atoms with E-state index in [0.29, 0.717) is 5.56 Å². The van der Waals surface area contributed by atoms with E-state index in [1.165, 1.54) is 23.5 Å². The third kappa shape index (κ3) is 4.46. The third-order valence-corrected chi connectivity index (χ3v) is 4.57. The lowest BCUT2D eigenvalue weighted by Crippen LogP contribution is -2.47. The van der Waals surface area contributed by atoms with E-state index in [0.717, 1.165) is 10.4 Å². The summed E-state index contributed by atoms with van der Waals surface area (Å²) in [6, 6.07) is 17.2. The van der Waals surface area contributed by atoms with Gasteiger partial charge in [-0.05, 0) is 41.3 Å². The third-order valence-electron chi connectivity index (χ3n) is 3.63. The fraction of sp³-hybridized carbons (Fsp3) is 0.0526. The van der Waals surface area contributed by atoms with Gasteiger partial charge in [-0.15, -0.1) is 11.3 Å². The molecular weight excluding hydrogens is 353 g/mol. The molecule has 3 amide bonds. The summed E-state index contributed by atoms with van der Waals surface area (Å²) in [5.41, 5.74) is 5.85. The van der Waals surface area contributed by atoms with Gasteiger partial charge in [0.1, 0.15) is 5.82 Å². The van der Waals surface area contributed by atoms with Crippen LogP contribution >= 0.6 is 11.3 Å². The summed E-state index contributed by atoms with van der Waals surface area (Å²) in [5.74, 6) is -0.770. The summed E-state index contributed by atoms with van der Waals surface area (Å²) in [4.78, 5) is 25.1. The summed E-state index contributed by atoms with van der Waals surface area (Å²) in [6.07, 6.45) is 0. The number of carbonyl (C=O) groups excluding carboxylic acids is 2. The van der Waals surface area contributed by atoms with Gasteiger partial charge in [0.25, 0.3) is 5.91 Å². The van der Waals surface area contributed by atoms with E-state index in [4.69, 9.17) is 0 Å². The first-order valence-electron chi connectivity index (χ1n) is 7.84. The Morgan fingerprint density at radius 2 is 1.62 bits per heavy atom. The first-order chi connectivity index (χ1) is 12.6. The average Bonchev–Trinajstić information content (AvgIpc) is 3.20. The van der Waals surface area contributed by atoms with Gasteiger partial charge in [0.2, 0.25) is 0 Å². The van der Waals surface area contributed by atoms with Crippen molar-refractivity contribution in [3.05, 3.63) is 93.9 Å². The number of amides is 3. The molecule has 0 saturated heterocycles. The van der Waals surface area contributed by atoms with Crippen molar-refractivity contribution in [2.75, 3.05) is 0 Å². The molecule has 3 N–H and O–H groups in total. The van der Waals surface area contributed by atoms with Crippen LogP contribution in [0.4, 0.5) is 9.18 Å². The molecule has 5 nitrogen and oxygen atoms in total. The van der Waals surface area contributed by atoms with E-state index < -0.39 is 18.0 Å². The van der Waals surface area contributed by atoms with Crippen molar-refractivity contribution >= 4 is 23.3 Å². The summed E-state index contributed by atoms with van der Waals surface area (Å²) < 4.78 is 13.2. The predicted molar refractivity (Wildman–Crippen MR) is 98.1 cm³/mol. The van der Waals surface area contributed by atoms with Gasteiger partial charge in [-0.2, -0.15) is 0 Å². The molecule has 1 heterocycles. The summed E-state index contributed by atoms with van der Waals surface area (Å²) in [6.45, 7) is 0.